The van der Waals surface area contributed by atoms with E-state index in [2.05, 4.69) is 30.4 Å². The molecular weight excluding hydrogens is 488 g/mol. The minimum Gasteiger partial charge on any atom is -0.508 e. The van der Waals surface area contributed by atoms with Crippen LogP contribution in [0.3, 0.4) is 0 Å². The Balaban J connectivity index is 0.00000533. The monoisotopic (exact) mass is 538 g/mol. The summed E-state index contributed by atoms with van der Waals surface area (Å²) >= 11 is 0. The van der Waals surface area contributed by atoms with E-state index in [9.17, 15) is 14.7 Å². The average molecular weight is 539 g/mol. The Morgan fingerprint density at radius 1 is 0.897 bits per heavy atom. The van der Waals surface area contributed by atoms with E-state index in [0.29, 0.717) is 31.7 Å². The number of nitrogens with zero attached hydrogens (tertiary/aromatic N) is 1. The molecule has 0 saturated carbocycles. The largest absolute Gasteiger partial charge is 0.508 e. The molecule has 1 aliphatic rings. The van der Waals surface area contributed by atoms with Crippen LogP contribution in [0.15, 0.2) is 48.5 Å². The van der Waals surface area contributed by atoms with E-state index in [0.717, 1.165) is 51.5 Å². The molecule has 216 valence electrons. The molecule has 0 spiro atoms. The Hall–Kier alpha value is -2.86. The normalized spacial score (nSPS) is 14.4. The third-order valence-electron chi connectivity index (χ3n) is 7.34. The zero-order valence-electron chi connectivity index (χ0n) is 23.1. The van der Waals surface area contributed by atoms with Crippen molar-refractivity contribution in [1.82, 2.24) is 10.2 Å². The molecule has 0 aliphatic carbocycles. The van der Waals surface area contributed by atoms with E-state index in [4.69, 9.17) is 4.74 Å². The van der Waals surface area contributed by atoms with Gasteiger partial charge >= 0.3 is 0 Å². The van der Waals surface area contributed by atoms with Crippen molar-refractivity contribution < 1.29 is 19.4 Å². The third kappa shape index (κ3) is 11.4. The first kappa shape index (κ1) is 32.4. The van der Waals surface area contributed by atoms with Gasteiger partial charge in [-0.05, 0) is 61.1 Å². The van der Waals surface area contributed by atoms with Crippen LogP contribution in [0.1, 0.15) is 106 Å². The van der Waals surface area contributed by atoms with Crippen molar-refractivity contribution in [2.45, 2.75) is 104 Å². The maximum Gasteiger partial charge on any atom is 0.254 e. The Labute approximate surface area is 236 Å². The number of phenols is 1. The maximum atomic E-state index is 13.3. The topological polar surface area (TPSA) is 78.9 Å². The standard InChI is InChI=1S/C32H46N2O4.CH4/c1-2-3-21-33-31(36)16-10-8-6-4-5-7-9-13-22-38-25-29-23-27-14-11-12-15-28(27)24-34(29)32(37)26-17-19-30(35)20-18-26;/h11-12,14-15,17-20,29,35H,2-10,13,16,21-25H2,1H3,(H,33,36);1H4. The lowest BCUT2D eigenvalue weighted by Crippen LogP contribution is -2.46. The summed E-state index contributed by atoms with van der Waals surface area (Å²) in [5, 5.41) is 12.6. The van der Waals surface area contributed by atoms with Crippen molar-refractivity contribution in [3.05, 3.63) is 65.2 Å². The number of carbonyl (C=O) groups is 2. The molecule has 1 unspecified atom stereocenters. The summed E-state index contributed by atoms with van der Waals surface area (Å²) in [5.74, 6) is 0.335. The molecule has 39 heavy (non-hydrogen) atoms. The minimum atomic E-state index is -0.0229. The van der Waals surface area contributed by atoms with Crippen LogP contribution < -0.4 is 5.32 Å². The van der Waals surface area contributed by atoms with Gasteiger partial charge in [0, 0.05) is 31.7 Å². The van der Waals surface area contributed by atoms with Crippen molar-refractivity contribution in [2.75, 3.05) is 19.8 Å². The zero-order valence-corrected chi connectivity index (χ0v) is 23.1. The molecule has 6 nitrogen and oxygen atoms in total. The second kappa shape index (κ2) is 18.4. The number of hydrogen-bond donors (Lipinski definition) is 2. The van der Waals surface area contributed by atoms with Gasteiger partial charge in [-0.15, -0.1) is 0 Å². The van der Waals surface area contributed by atoms with Crippen LogP contribution in [-0.2, 0) is 22.5 Å². The molecule has 6 heteroatoms. The first-order valence-corrected chi connectivity index (χ1v) is 14.6. The fraction of sp³-hybridized carbons (Fsp3) is 0.576. The van der Waals surface area contributed by atoms with E-state index in [1.54, 1.807) is 24.3 Å². The summed E-state index contributed by atoms with van der Waals surface area (Å²) in [6.45, 7) is 4.77. The fourth-order valence-corrected chi connectivity index (χ4v) is 5.01. The van der Waals surface area contributed by atoms with E-state index < -0.39 is 0 Å². The van der Waals surface area contributed by atoms with Crippen LogP contribution in [0.4, 0.5) is 0 Å². The smallest absolute Gasteiger partial charge is 0.254 e. The fourth-order valence-electron chi connectivity index (χ4n) is 5.01. The molecule has 1 heterocycles. The van der Waals surface area contributed by atoms with Gasteiger partial charge in [0.1, 0.15) is 5.75 Å². The van der Waals surface area contributed by atoms with Crippen molar-refractivity contribution in [3.8, 4) is 5.75 Å². The molecule has 0 fully saturated rings. The molecule has 0 saturated heterocycles. The lowest BCUT2D eigenvalue weighted by Gasteiger charge is -2.37. The first-order valence-electron chi connectivity index (χ1n) is 14.6. The molecular formula is C33H50N2O4. The SMILES string of the molecule is C.CCCCNC(=O)CCCCCCCCCCOCC1Cc2ccccc2CN1C(=O)c1ccc(O)cc1. The second-order valence-electron chi connectivity index (χ2n) is 10.5. The molecule has 1 atom stereocenters. The van der Waals surface area contributed by atoms with Gasteiger partial charge in [-0.2, -0.15) is 0 Å². The van der Waals surface area contributed by atoms with Crippen LogP contribution in [0.2, 0.25) is 0 Å². The van der Waals surface area contributed by atoms with Gasteiger partial charge in [0.05, 0.1) is 12.6 Å². The van der Waals surface area contributed by atoms with Crippen LogP contribution in [0.5, 0.6) is 5.75 Å². The van der Waals surface area contributed by atoms with Gasteiger partial charge in [0.25, 0.3) is 5.91 Å². The van der Waals surface area contributed by atoms with E-state index in [1.807, 2.05) is 11.0 Å². The molecule has 3 rings (SSSR count). The molecule has 2 aromatic carbocycles. The zero-order chi connectivity index (χ0) is 27.0. The number of hydrogen-bond acceptors (Lipinski definition) is 4. The predicted octanol–water partition coefficient (Wildman–Crippen LogP) is 7.04. The van der Waals surface area contributed by atoms with E-state index >= 15 is 0 Å². The Kier molecular flexibility index (Phi) is 15.3. The van der Waals surface area contributed by atoms with Crippen LogP contribution >= 0.6 is 0 Å². The summed E-state index contributed by atoms with van der Waals surface area (Å²) in [6, 6.07) is 14.8. The van der Waals surface area contributed by atoms with Crippen LogP contribution in [0.25, 0.3) is 0 Å². The molecule has 2 N–H and O–H groups in total. The van der Waals surface area contributed by atoms with E-state index in [-0.39, 0.29) is 31.0 Å². The number of ether oxygens (including phenoxy) is 1. The number of phenolic OH excluding ortho intramolecular Hbond substituents is 1. The number of benzene rings is 2. The van der Waals surface area contributed by atoms with Gasteiger partial charge in [-0.25, -0.2) is 0 Å². The Morgan fingerprint density at radius 3 is 2.23 bits per heavy atom. The minimum absolute atomic E-state index is 0. The van der Waals surface area contributed by atoms with Crippen molar-refractivity contribution in [2.24, 2.45) is 0 Å². The molecule has 0 aromatic heterocycles. The molecule has 2 aromatic rings. The summed E-state index contributed by atoms with van der Waals surface area (Å²) < 4.78 is 6.07. The predicted molar refractivity (Wildman–Crippen MR) is 159 cm³/mol. The summed E-state index contributed by atoms with van der Waals surface area (Å²) in [6.07, 6.45) is 12.8. The number of amides is 2. The molecule has 2 amide bonds. The number of carbonyl (C=O) groups excluding carboxylic acids is 2. The highest BCUT2D eigenvalue weighted by molar-refractivity contribution is 5.94. The number of unbranched alkanes of at least 4 members (excludes halogenated alkanes) is 8. The highest BCUT2D eigenvalue weighted by Crippen LogP contribution is 2.26. The third-order valence-corrected chi connectivity index (χ3v) is 7.34. The molecule has 1 aliphatic heterocycles. The van der Waals surface area contributed by atoms with Crippen molar-refractivity contribution >= 4 is 11.8 Å². The van der Waals surface area contributed by atoms with Gasteiger partial charge in [-0.1, -0.05) is 83.6 Å². The van der Waals surface area contributed by atoms with Crippen molar-refractivity contribution in [1.29, 1.82) is 0 Å². The quantitative estimate of drug-likeness (QED) is 0.212. The molecule has 0 bridgehead atoms. The number of fused-ring (bicyclic) bond motifs is 1. The summed E-state index contributed by atoms with van der Waals surface area (Å²) in [7, 11) is 0. The van der Waals surface area contributed by atoms with Gasteiger partial charge < -0.3 is 20.1 Å². The summed E-state index contributed by atoms with van der Waals surface area (Å²) in [5.41, 5.74) is 3.06. The number of nitrogens with one attached hydrogen (secondary N) is 1. The van der Waals surface area contributed by atoms with Crippen molar-refractivity contribution in [3.63, 3.8) is 0 Å². The lowest BCUT2D eigenvalue weighted by atomic mass is 9.93. The Bertz CT molecular complexity index is 976. The van der Waals surface area contributed by atoms with E-state index in [1.165, 1.54) is 36.8 Å². The maximum absolute atomic E-state index is 13.3. The van der Waals surface area contributed by atoms with Gasteiger partial charge in [-0.3, -0.25) is 9.59 Å². The van der Waals surface area contributed by atoms with Crippen LogP contribution in [-0.4, -0.2) is 47.6 Å². The second-order valence-corrected chi connectivity index (χ2v) is 10.5. The van der Waals surface area contributed by atoms with Gasteiger partial charge in [0.15, 0.2) is 0 Å². The van der Waals surface area contributed by atoms with Crippen LogP contribution in [0, 0.1) is 0 Å². The highest BCUT2D eigenvalue weighted by Gasteiger charge is 2.30. The molecule has 0 radical (unpaired) electrons. The average Bonchev–Trinajstić information content (AvgIpc) is 2.93. The summed E-state index contributed by atoms with van der Waals surface area (Å²) in [4.78, 5) is 26.9. The highest BCUT2D eigenvalue weighted by atomic mass is 16.5. The first-order chi connectivity index (χ1) is 18.6. The number of rotatable bonds is 17. The lowest BCUT2D eigenvalue weighted by molar-refractivity contribution is -0.121. The number of aromatic hydroxyl groups is 1. The Morgan fingerprint density at radius 2 is 1.54 bits per heavy atom. The van der Waals surface area contributed by atoms with Gasteiger partial charge in [0.2, 0.25) is 5.91 Å².